The SMILES string of the molecule is CCc1nc2nccc(C(=O)N3CCOCC3c3ccc(C)o3)c2[nH]1. The molecule has 0 radical (unpaired) electrons. The molecule has 1 amide bonds. The minimum absolute atomic E-state index is 0.0685. The van der Waals surface area contributed by atoms with Crippen molar-refractivity contribution < 1.29 is 13.9 Å². The molecule has 1 unspecified atom stereocenters. The quantitative estimate of drug-likeness (QED) is 0.792. The van der Waals surface area contributed by atoms with E-state index in [-0.39, 0.29) is 11.9 Å². The van der Waals surface area contributed by atoms with E-state index in [1.807, 2.05) is 30.9 Å². The number of hydrogen-bond donors (Lipinski definition) is 1. The molecule has 0 spiro atoms. The predicted molar refractivity (Wildman–Crippen MR) is 91.3 cm³/mol. The van der Waals surface area contributed by atoms with Gasteiger partial charge in [0.25, 0.3) is 5.91 Å². The number of carbonyl (C=O) groups is 1. The first-order valence-corrected chi connectivity index (χ1v) is 8.46. The van der Waals surface area contributed by atoms with Crippen LogP contribution < -0.4 is 0 Å². The van der Waals surface area contributed by atoms with Gasteiger partial charge in [0.15, 0.2) is 5.65 Å². The molecule has 0 bridgehead atoms. The van der Waals surface area contributed by atoms with Gasteiger partial charge in [-0.25, -0.2) is 9.97 Å². The van der Waals surface area contributed by atoms with Gasteiger partial charge in [0.1, 0.15) is 23.4 Å². The highest BCUT2D eigenvalue weighted by atomic mass is 16.5. The lowest BCUT2D eigenvalue weighted by atomic mass is 10.1. The Morgan fingerprint density at radius 3 is 3.04 bits per heavy atom. The standard InChI is InChI=1S/C18H20N4O3/c1-3-15-20-16-12(6-7-19-17(16)21-15)18(23)22-8-9-24-10-13(22)14-5-4-11(2)25-14/h4-7,13H,3,8-10H2,1-2H3,(H,19,20,21). The minimum atomic E-state index is -0.230. The fourth-order valence-electron chi connectivity index (χ4n) is 3.17. The largest absolute Gasteiger partial charge is 0.464 e. The Morgan fingerprint density at radius 1 is 1.40 bits per heavy atom. The van der Waals surface area contributed by atoms with Crippen molar-refractivity contribution in [1.29, 1.82) is 0 Å². The van der Waals surface area contributed by atoms with Gasteiger partial charge in [-0.15, -0.1) is 0 Å². The van der Waals surface area contributed by atoms with Gasteiger partial charge < -0.3 is 19.0 Å². The van der Waals surface area contributed by atoms with Crippen LogP contribution in [-0.4, -0.2) is 45.5 Å². The van der Waals surface area contributed by atoms with E-state index in [1.54, 1.807) is 12.3 Å². The van der Waals surface area contributed by atoms with E-state index in [0.29, 0.717) is 36.5 Å². The first-order chi connectivity index (χ1) is 12.2. The third kappa shape index (κ3) is 2.80. The number of furan rings is 1. The van der Waals surface area contributed by atoms with Gasteiger partial charge in [-0.05, 0) is 25.1 Å². The number of pyridine rings is 1. The summed E-state index contributed by atoms with van der Waals surface area (Å²) in [5.41, 5.74) is 1.83. The maximum Gasteiger partial charge on any atom is 0.256 e. The molecule has 25 heavy (non-hydrogen) atoms. The third-order valence-electron chi connectivity index (χ3n) is 4.49. The van der Waals surface area contributed by atoms with Gasteiger partial charge in [0.05, 0.1) is 24.3 Å². The molecule has 1 aliphatic heterocycles. The Morgan fingerprint density at radius 2 is 2.28 bits per heavy atom. The van der Waals surface area contributed by atoms with Crippen molar-refractivity contribution in [2.24, 2.45) is 0 Å². The minimum Gasteiger partial charge on any atom is -0.464 e. The van der Waals surface area contributed by atoms with E-state index in [1.165, 1.54) is 0 Å². The highest BCUT2D eigenvalue weighted by Gasteiger charge is 2.32. The lowest BCUT2D eigenvalue weighted by molar-refractivity contribution is -0.00886. The van der Waals surface area contributed by atoms with Crippen molar-refractivity contribution in [3.05, 3.63) is 47.3 Å². The molecule has 4 heterocycles. The van der Waals surface area contributed by atoms with Gasteiger partial charge in [-0.3, -0.25) is 4.79 Å². The van der Waals surface area contributed by atoms with E-state index < -0.39 is 0 Å². The van der Waals surface area contributed by atoms with Crippen molar-refractivity contribution in [1.82, 2.24) is 19.9 Å². The van der Waals surface area contributed by atoms with Crippen LogP contribution in [0.3, 0.4) is 0 Å². The van der Waals surface area contributed by atoms with Gasteiger partial charge >= 0.3 is 0 Å². The average Bonchev–Trinajstić information content (AvgIpc) is 3.26. The number of aromatic nitrogens is 3. The summed E-state index contributed by atoms with van der Waals surface area (Å²) in [4.78, 5) is 27.0. The number of hydrogen-bond acceptors (Lipinski definition) is 5. The number of imidazole rings is 1. The average molecular weight is 340 g/mol. The number of ether oxygens (including phenoxy) is 1. The normalized spacial score (nSPS) is 18.0. The third-order valence-corrected chi connectivity index (χ3v) is 4.49. The molecule has 7 heteroatoms. The van der Waals surface area contributed by atoms with E-state index in [2.05, 4.69) is 15.0 Å². The number of nitrogens with zero attached hydrogens (tertiary/aromatic N) is 3. The Bertz CT molecular complexity index is 914. The smallest absolute Gasteiger partial charge is 0.256 e. The molecule has 1 fully saturated rings. The highest BCUT2D eigenvalue weighted by Crippen LogP contribution is 2.28. The zero-order valence-electron chi connectivity index (χ0n) is 14.3. The summed E-state index contributed by atoms with van der Waals surface area (Å²) < 4.78 is 11.3. The second-order valence-corrected chi connectivity index (χ2v) is 6.13. The highest BCUT2D eigenvalue weighted by molar-refractivity contribution is 6.04. The Balaban J connectivity index is 1.72. The second-order valence-electron chi connectivity index (χ2n) is 6.13. The number of nitrogens with one attached hydrogen (secondary N) is 1. The fourth-order valence-corrected chi connectivity index (χ4v) is 3.17. The van der Waals surface area contributed by atoms with E-state index in [4.69, 9.17) is 9.15 Å². The van der Waals surface area contributed by atoms with Crippen LogP contribution in [-0.2, 0) is 11.2 Å². The molecule has 3 aromatic heterocycles. The lowest BCUT2D eigenvalue weighted by Crippen LogP contribution is -2.43. The predicted octanol–water partition coefficient (Wildman–Crippen LogP) is 2.64. The van der Waals surface area contributed by atoms with Crippen molar-refractivity contribution in [2.45, 2.75) is 26.3 Å². The fraction of sp³-hybridized carbons (Fsp3) is 0.389. The summed E-state index contributed by atoms with van der Waals surface area (Å²) in [5.74, 6) is 2.32. The van der Waals surface area contributed by atoms with Crippen LogP contribution in [0.1, 0.15) is 40.7 Å². The van der Waals surface area contributed by atoms with Crippen LogP contribution in [0.2, 0.25) is 0 Å². The monoisotopic (exact) mass is 340 g/mol. The molecule has 0 aromatic carbocycles. The second kappa shape index (κ2) is 6.33. The molecular formula is C18H20N4O3. The molecule has 1 aliphatic rings. The van der Waals surface area contributed by atoms with Crippen molar-refractivity contribution in [3.8, 4) is 0 Å². The summed E-state index contributed by atoms with van der Waals surface area (Å²) >= 11 is 0. The van der Waals surface area contributed by atoms with Gasteiger partial charge in [-0.1, -0.05) is 6.92 Å². The Labute approximate surface area is 145 Å². The summed E-state index contributed by atoms with van der Waals surface area (Å²) in [6, 6.07) is 5.32. The van der Waals surface area contributed by atoms with Crippen molar-refractivity contribution in [2.75, 3.05) is 19.8 Å². The van der Waals surface area contributed by atoms with Crippen LogP contribution in [0, 0.1) is 6.92 Å². The zero-order valence-corrected chi connectivity index (χ0v) is 14.3. The number of rotatable bonds is 3. The first kappa shape index (κ1) is 15.8. The summed E-state index contributed by atoms with van der Waals surface area (Å²) in [6.07, 6.45) is 2.39. The van der Waals surface area contributed by atoms with Crippen molar-refractivity contribution >= 4 is 17.1 Å². The Kier molecular flexibility index (Phi) is 4.01. The Hall–Kier alpha value is -2.67. The van der Waals surface area contributed by atoms with E-state index in [9.17, 15) is 4.79 Å². The summed E-state index contributed by atoms with van der Waals surface area (Å²) in [7, 11) is 0. The number of morpholine rings is 1. The molecule has 1 saturated heterocycles. The van der Waals surface area contributed by atoms with Crippen LogP contribution in [0.25, 0.3) is 11.2 Å². The van der Waals surface area contributed by atoms with Gasteiger partial charge in [0, 0.05) is 19.2 Å². The lowest BCUT2D eigenvalue weighted by Gasteiger charge is -2.34. The molecular weight excluding hydrogens is 320 g/mol. The van der Waals surface area contributed by atoms with Gasteiger partial charge in [0.2, 0.25) is 0 Å². The number of H-pyrrole nitrogens is 1. The molecule has 130 valence electrons. The van der Waals surface area contributed by atoms with E-state index in [0.717, 1.165) is 23.8 Å². The topological polar surface area (TPSA) is 84.2 Å². The molecule has 4 rings (SSSR count). The molecule has 1 atom stereocenters. The summed E-state index contributed by atoms with van der Waals surface area (Å²) in [6.45, 7) is 5.36. The van der Waals surface area contributed by atoms with Gasteiger partial charge in [-0.2, -0.15) is 0 Å². The maximum absolute atomic E-state index is 13.3. The summed E-state index contributed by atoms with van der Waals surface area (Å²) in [5, 5.41) is 0. The number of aryl methyl sites for hydroxylation is 2. The molecule has 0 saturated carbocycles. The van der Waals surface area contributed by atoms with Crippen molar-refractivity contribution in [3.63, 3.8) is 0 Å². The number of fused-ring (bicyclic) bond motifs is 1. The molecule has 1 N–H and O–H groups in total. The van der Waals surface area contributed by atoms with Crippen LogP contribution >= 0.6 is 0 Å². The van der Waals surface area contributed by atoms with E-state index >= 15 is 0 Å². The number of aromatic amines is 1. The zero-order chi connectivity index (χ0) is 17.4. The van der Waals surface area contributed by atoms with Crippen LogP contribution in [0.5, 0.6) is 0 Å². The van der Waals surface area contributed by atoms with Crippen LogP contribution in [0.15, 0.2) is 28.8 Å². The molecule has 3 aromatic rings. The first-order valence-electron chi connectivity index (χ1n) is 8.46. The number of amides is 1. The molecule has 7 nitrogen and oxygen atoms in total. The number of carbonyl (C=O) groups excluding carboxylic acids is 1. The maximum atomic E-state index is 13.3. The van der Waals surface area contributed by atoms with Crippen LogP contribution in [0.4, 0.5) is 0 Å². The molecule has 0 aliphatic carbocycles.